The van der Waals surface area contributed by atoms with Crippen LogP contribution in [0.5, 0.6) is 5.75 Å². The second kappa shape index (κ2) is 6.84. The number of aryl methyl sites for hydroxylation is 4. The number of carbonyl (C=O) groups excluding carboxylic acids is 1. The summed E-state index contributed by atoms with van der Waals surface area (Å²) in [7, 11) is 1.63. The summed E-state index contributed by atoms with van der Waals surface area (Å²) in [5, 5.41) is 3.55. The molecule has 1 N–H and O–H groups in total. The Labute approximate surface area is 151 Å². The number of hydrogen-bond donors (Lipinski definition) is 1. The fourth-order valence-electron chi connectivity index (χ4n) is 3.14. The van der Waals surface area contributed by atoms with Crippen LogP contribution in [0.15, 0.2) is 24.3 Å². The van der Waals surface area contributed by atoms with Crippen molar-refractivity contribution in [3.63, 3.8) is 0 Å². The normalized spacial score (nSPS) is 10.9. The van der Waals surface area contributed by atoms with Gasteiger partial charge in [0.15, 0.2) is 5.13 Å². The SMILES string of the molecule is COc1ccc(C)c2sc(NC(=O)Cc3c(C)cc(C)cc3C)nc12. The average Bonchev–Trinajstić information content (AvgIpc) is 2.95. The number of nitrogens with zero attached hydrogens (tertiary/aromatic N) is 1. The van der Waals surface area contributed by atoms with Gasteiger partial charge in [-0.05, 0) is 56.0 Å². The molecule has 0 saturated heterocycles. The highest BCUT2D eigenvalue weighted by Crippen LogP contribution is 2.34. The molecule has 0 atom stereocenters. The van der Waals surface area contributed by atoms with Crippen LogP contribution in [0, 0.1) is 27.7 Å². The van der Waals surface area contributed by atoms with Gasteiger partial charge in [-0.2, -0.15) is 0 Å². The van der Waals surface area contributed by atoms with Crippen molar-refractivity contribution in [3.05, 3.63) is 52.1 Å². The van der Waals surface area contributed by atoms with Crippen LogP contribution in [0.4, 0.5) is 5.13 Å². The summed E-state index contributed by atoms with van der Waals surface area (Å²) in [6, 6.07) is 8.13. The number of aromatic nitrogens is 1. The number of amides is 1. The number of rotatable bonds is 4. The highest BCUT2D eigenvalue weighted by Gasteiger charge is 2.14. The summed E-state index contributed by atoms with van der Waals surface area (Å²) in [6.45, 7) is 8.20. The molecule has 3 rings (SSSR count). The van der Waals surface area contributed by atoms with Crippen molar-refractivity contribution < 1.29 is 9.53 Å². The van der Waals surface area contributed by atoms with E-state index in [4.69, 9.17) is 4.74 Å². The first kappa shape index (κ1) is 17.4. The number of anilines is 1. The molecule has 0 radical (unpaired) electrons. The molecule has 0 bridgehead atoms. The number of carbonyl (C=O) groups is 1. The summed E-state index contributed by atoms with van der Waals surface area (Å²) in [5.41, 5.74) is 6.51. The van der Waals surface area contributed by atoms with Crippen molar-refractivity contribution in [1.29, 1.82) is 0 Å². The first-order chi connectivity index (χ1) is 11.9. The monoisotopic (exact) mass is 354 g/mol. The summed E-state index contributed by atoms with van der Waals surface area (Å²) in [4.78, 5) is 17.1. The van der Waals surface area contributed by atoms with E-state index in [2.05, 4.69) is 43.2 Å². The third kappa shape index (κ3) is 3.51. The predicted molar refractivity (Wildman–Crippen MR) is 104 cm³/mol. The van der Waals surface area contributed by atoms with E-state index in [-0.39, 0.29) is 5.91 Å². The zero-order chi connectivity index (χ0) is 18.1. The molecule has 0 fully saturated rings. The number of methoxy groups -OCH3 is 1. The Morgan fingerprint density at radius 2 is 1.80 bits per heavy atom. The molecular formula is C20H22N2O2S. The number of nitrogens with one attached hydrogen (secondary N) is 1. The Kier molecular flexibility index (Phi) is 4.77. The predicted octanol–water partition coefficient (Wildman–Crippen LogP) is 4.72. The molecular weight excluding hydrogens is 332 g/mol. The topological polar surface area (TPSA) is 51.2 Å². The van der Waals surface area contributed by atoms with Gasteiger partial charge in [0, 0.05) is 0 Å². The third-order valence-electron chi connectivity index (χ3n) is 4.35. The first-order valence-corrected chi connectivity index (χ1v) is 9.01. The number of benzene rings is 2. The fourth-order valence-corrected chi connectivity index (χ4v) is 4.11. The summed E-state index contributed by atoms with van der Waals surface area (Å²) < 4.78 is 6.41. The van der Waals surface area contributed by atoms with E-state index in [0.717, 1.165) is 38.2 Å². The van der Waals surface area contributed by atoms with Gasteiger partial charge in [-0.1, -0.05) is 35.1 Å². The lowest BCUT2D eigenvalue weighted by atomic mass is 9.97. The van der Waals surface area contributed by atoms with Crippen LogP contribution in [0.25, 0.3) is 10.2 Å². The van der Waals surface area contributed by atoms with Crippen molar-refractivity contribution >= 4 is 32.6 Å². The molecule has 1 heterocycles. The van der Waals surface area contributed by atoms with E-state index in [0.29, 0.717) is 11.6 Å². The van der Waals surface area contributed by atoms with Crippen molar-refractivity contribution in [2.45, 2.75) is 34.1 Å². The Morgan fingerprint density at radius 1 is 1.12 bits per heavy atom. The van der Waals surface area contributed by atoms with E-state index >= 15 is 0 Å². The smallest absolute Gasteiger partial charge is 0.230 e. The fraction of sp³-hybridized carbons (Fsp3) is 0.300. The maximum atomic E-state index is 12.5. The zero-order valence-electron chi connectivity index (χ0n) is 15.2. The molecule has 5 heteroatoms. The Morgan fingerprint density at radius 3 is 2.44 bits per heavy atom. The zero-order valence-corrected chi connectivity index (χ0v) is 16.0. The molecule has 0 spiro atoms. The van der Waals surface area contributed by atoms with Crippen LogP contribution in [-0.4, -0.2) is 18.0 Å². The van der Waals surface area contributed by atoms with Gasteiger partial charge < -0.3 is 10.1 Å². The molecule has 0 aliphatic rings. The molecule has 1 aromatic heterocycles. The minimum Gasteiger partial charge on any atom is -0.494 e. The maximum absolute atomic E-state index is 12.5. The highest BCUT2D eigenvalue weighted by atomic mass is 32.1. The Hall–Kier alpha value is -2.40. The van der Waals surface area contributed by atoms with Crippen LogP contribution in [0.1, 0.15) is 27.8 Å². The van der Waals surface area contributed by atoms with Gasteiger partial charge in [0.1, 0.15) is 11.3 Å². The average molecular weight is 354 g/mol. The van der Waals surface area contributed by atoms with Gasteiger partial charge in [0.25, 0.3) is 0 Å². The third-order valence-corrected chi connectivity index (χ3v) is 5.45. The van der Waals surface area contributed by atoms with Gasteiger partial charge >= 0.3 is 0 Å². The van der Waals surface area contributed by atoms with Crippen LogP contribution in [0.3, 0.4) is 0 Å². The molecule has 0 aliphatic carbocycles. The minimum atomic E-state index is -0.0503. The van der Waals surface area contributed by atoms with Gasteiger partial charge in [-0.15, -0.1) is 0 Å². The molecule has 2 aromatic carbocycles. The lowest BCUT2D eigenvalue weighted by Crippen LogP contribution is -2.15. The molecule has 3 aromatic rings. The lowest BCUT2D eigenvalue weighted by molar-refractivity contribution is -0.115. The molecule has 0 saturated carbocycles. The highest BCUT2D eigenvalue weighted by molar-refractivity contribution is 7.22. The van der Waals surface area contributed by atoms with Gasteiger partial charge in [0.05, 0.1) is 18.2 Å². The Balaban J connectivity index is 1.84. The van der Waals surface area contributed by atoms with Crippen LogP contribution in [0.2, 0.25) is 0 Å². The summed E-state index contributed by atoms with van der Waals surface area (Å²) in [6.07, 6.45) is 0.351. The first-order valence-electron chi connectivity index (χ1n) is 8.19. The summed E-state index contributed by atoms with van der Waals surface area (Å²) >= 11 is 1.48. The molecule has 25 heavy (non-hydrogen) atoms. The van der Waals surface area contributed by atoms with E-state index in [9.17, 15) is 4.79 Å². The van der Waals surface area contributed by atoms with Crippen molar-refractivity contribution in [2.75, 3.05) is 12.4 Å². The molecule has 1 amide bonds. The van der Waals surface area contributed by atoms with Gasteiger partial charge in [-0.3, -0.25) is 4.79 Å². The van der Waals surface area contributed by atoms with E-state index in [1.54, 1.807) is 7.11 Å². The van der Waals surface area contributed by atoms with Crippen molar-refractivity contribution in [3.8, 4) is 5.75 Å². The number of ether oxygens (including phenoxy) is 1. The van der Waals surface area contributed by atoms with E-state index in [1.807, 2.05) is 19.1 Å². The second-order valence-corrected chi connectivity index (χ2v) is 7.38. The Bertz CT molecular complexity index is 937. The summed E-state index contributed by atoms with van der Waals surface area (Å²) in [5.74, 6) is 0.674. The van der Waals surface area contributed by atoms with E-state index < -0.39 is 0 Å². The minimum absolute atomic E-state index is 0.0503. The van der Waals surface area contributed by atoms with E-state index in [1.165, 1.54) is 16.9 Å². The largest absolute Gasteiger partial charge is 0.494 e. The van der Waals surface area contributed by atoms with Crippen LogP contribution < -0.4 is 10.1 Å². The standard InChI is InChI=1S/C20H22N2O2S/c1-11-8-13(3)15(14(4)9-11)10-17(23)21-20-22-18-16(24-5)7-6-12(2)19(18)25-20/h6-9H,10H2,1-5H3,(H,21,22,23). The molecule has 0 aliphatic heterocycles. The van der Waals surface area contributed by atoms with Crippen molar-refractivity contribution in [1.82, 2.24) is 4.98 Å². The quantitative estimate of drug-likeness (QED) is 0.737. The molecule has 130 valence electrons. The van der Waals surface area contributed by atoms with Crippen molar-refractivity contribution in [2.24, 2.45) is 0 Å². The number of fused-ring (bicyclic) bond motifs is 1. The number of thiazole rings is 1. The van der Waals surface area contributed by atoms with Crippen LogP contribution >= 0.6 is 11.3 Å². The number of hydrogen-bond acceptors (Lipinski definition) is 4. The molecule has 4 nitrogen and oxygen atoms in total. The van der Waals surface area contributed by atoms with Crippen LogP contribution in [-0.2, 0) is 11.2 Å². The van der Waals surface area contributed by atoms with Gasteiger partial charge in [0.2, 0.25) is 5.91 Å². The second-order valence-electron chi connectivity index (χ2n) is 6.38. The van der Waals surface area contributed by atoms with Gasteiger partial charge in [-0.25, -0.2) is 4.98 Å². The molecule has 0 unspecified atom stereocenters. The lowest BCUT2D eigenvalue weighted by Gasteiger charge is -2.10. The maximum Gasteiger partial charge on any atom is 0.230 e.